The third-order valence-corrected chi connectivity index (χ3v) is 9.52. The molecule has 43 heavy (non-hydrogen) atoms. The van der Waals surface area contributed by atoms with Crippen molar-refractivity contribution in [1.29, 1.82) is 0 Å². The summed E-state index contributed by atoms with van der Waals surface area (Å²) in [7, 11) is 0. The molecule has 0 saturated carbocycles. The van der Waals surface area contributed by atoms with Crippen LogP contribution in [-0.2, 0) is 15.0 Å². The van der Waals surface area contributed by atoms with Crippen LogP contribution in [0.5, 0.6) is 0 Å². The molecule has 0 unspecified atom stereocenters. The number of H-pyrrole nitrogens is 1. The van der Waals surface area contributed by atoms with Crippen molar-refractivity contribution in [2.75, 3.05) is 10.3 Å². The summed E-state index contributed by atoms with van der Waals surface area (Å²) in [5.74, 6) is -1.31. The molecule has 2 atom stereocenters. The van der Waals surface area contributed by atoms with E-state index in [4.69, 9.17) is 5.10 Å². The molecule has 2 heterocycles. The average molecular weight is 560 g/mol. The number of hydrogen-bond donors (Lipinski definition) is 2. The Hall–Kier alpha value is -5.56. The van der Waals surface area contributed by atoms with Gasteiger partial charge in [-0.2, -0.15) is 5.10 Å². The van der Waals surface area contributed by atoms with Gasteiger partial charge in [0.15, 0.2) is 0 Å². The molecule has 10 rings (SSSR count). The van der Waals surface area contributed by atoms with Crippen molar-refractivity contribution >= 4 is 51.5 Å². The van der Waals surface area contributed by atoms with Crippen LogP contribution in [0.15, 0.2) is 120 Å². The summed E-state index contributed by atoms with van der Waals surface area (Å²) in [6.45, 7) is 0. The molecule has 1 aliphatic heterocycles. The van der Waals surface area contributed by atoms with Crippen molar-refractivity contribution in [2.45, 2.75) is 11.3 Å². The Morgan fingerprint density at radius 2 is 1.44 bits per heavy atom. The normalized spacial score (nSPS) is 23.6. The maximum absolute atomic E-state index is 14.8. The van der Waals surface area contributed by atoms with Gasteiger partial charge in [0.1, 0.15) is 0 Å². The molecule has 2 bridgehead atoms. The van der Waals surface area contributed by atoms with Gasteiger partial charge in [0.25, 0.3) is 0 Å². The average Bonchev–Trinajstić information content (AvgIpc) is 3.59. The monoisotopic (exact) mass is 559 g/mol. The van der Waals surface area contributed by atoms with Crippen molar-refractivity contribution in [3.05, 3.63) is 138 Å². The number of aromatic nitrogens is 2. The number of carbonyl (C=O) groups excluding carboxylic acids is 2. The minimum Gasteiger partial charge on any atom is -0.323 e. The first-order valence-corrected chi connectivity index (χ1v) is 14.5. The number of rotatable bonds is 4. The topological polar surface area (TPSA) is 90.5 Å². The summed E-state index contributed by atoms with van der Waals surface area (Å²) in [6, 6.07) is 37.8. The van der Waals surface area contributed by atoms with E-state index in [1.165, 1.54) is 4.90 Å². The molecule has 2 N–H and O–H groups in total. The first-order chi connectivity index (χ1) is 21.2. The number of amides is 2. The summed E-state index contributed by atoms with van der Waals surface area (Å²) < 4.78 is 0. The first-order valence-electron chi connectivity index (χ1n) is 14.5. The zero-order valence-corrected chi connectivity index (χ0v) is 22.9. The second-order valence-electron chi connectivity index (χ2n) is 11.5. The number of fused-ring (bicyclic) bond motifs is 2. The number of para-hydroxylation sites is 2. The van der Waals surface area contributed by atoms with Gasteiger partial charge in [0.2, 0.25) is 17.8 Å². The lowest BCUT2D eigenvalue weighted by Crippen LogP contribution is -2.54. The number of nitrogens with zero attached hydrogens (tertiary/aromatic N) is 3. The highest BCUT2D eigenvalue weighted by Gasteiger charge is 2.68. The highest BCUT2D eigenvalue weighted by Crippen LogP contribution is 2.63. The largest absolute Gasteiger partial charge is 0.323 e. The summed E-state index contributed by atoms with van der Waals surface area (Å²) in [6.07, 6.45) is 1.84. The van der Waals surface area contributed by atoms with Crippen LogP contribution in [0, 0.1) is 11.8 Å². The molecule has 6 aromatic rings. The van der Waals surface area contributed by atoms with Gasteiger partial charge in [-0.15, -0.1) is 0 Å². The van der Waals surface area contributed by atoms with E-state index < -0.39 is 17.3 Å². The third kappa shape index (κ3) is 3.13. The van der Waals surface area contributed by atoms with Gasteiger partial charge in [0.05, 0.1) is 34.0 Å². The number of benzene rings is 5. The smallest absolute Gasteiger partial charge is 0.239 e. The fraction of sp³-hybridized carbons (Fsp3) is 0.111. The zero-order valence-electron chi connectivity index (χ0n) is 22.9. The summed E-state index contributed by atoms with van der Waals surface area (Å²) in [4.78, 5) is 38.6. The standard InChI is InChI=1S/C36H25N5O2/c42-33-31-30-23-13-3-5-15-25(23)36(26-16-6-4-14-24(26)30,20-37-40-35-38-27-17-7-8-18-28(27)39-35)32(31)34(43)41(33)29-19-9-11-21-10-1-2-12-22(21)29/h1-20,30-32H,(H2,38,39,40)/b37-20-/t30?,31-,32+,36?/m0/s1. The Bertz CT molecular complexity index is 2080. The summed E-state index contributed by atoms with van der Waals surface area (Å²) in [5.41, 5.74) is 8.63. The van der Waals surface area contributed by atoms with Crippen LogP contribution >= 0.6 is 0 Å². The lowest BCUT2D eigenvalue weighted by atomic mass is 9.47. The van der Waals surface area contributed by atoms with Crippen LogP contribution in [0.4, 0.5) is 11.6 Å². The number of imide groups is 1. The molecule has 206 valence electrons. The summed E-state index contributed by atoms with van der Waals surface area (Å²) >= 11 is 0. The number of nitrogens with one attached hydrogen (secondary N) is 2. The number of aromatic amines is 1. The second kappa shape index (κ2) is 8.72. The molecule has 1 aromatic heterocycles. The van der Waals surface area contributed by atoms with E-state index in [0.29, 0.717) is 11.6 Å². The predicted octanol–water partition coefficient (Wildman–Crippen LogP) is 6.36. The molecule has 1 fully saturated rings. The van der Waals surface area contributed by atoms with Crippen molar-refractivity contribution in [1.82, 2.24) is 9.97 Å². The van der Waals surface area contributed by atoms with Crippen LogP contribution in [0.1, 0.15) is 28.2 Å². The Morgan fingerprint density at radius 1 is 0.767 bits per heavy atom. The van der Waals surface area contributed by atoms with E-state index >= 15 is 0 Å². The molecule has 5 aromatic carbocycles. The fourth-order valence-corrected chi connectivity index (χ4v) is 7.89. The van der Waals surface area contributed by atoms with Gasteiger partial charge in [-0.3, -0.25) is 9.59 Å². The van der Waals surface area contributed by atoms with Gasteiger partial charge in [-0.1, -0.05) is 97.1 Å². The van der Waals surface area contributed by atoms with Gasteiger partial charge in [-0.05, 0) is 45.8 Å². The van der Waals surface area contributed by atoms with Crippen LogP contribution in [0.2, 0.25) is 0 Å². The van der Waals surface area contributed by atoms with E-state index in [0.717, 1.165) is 44.1 Å². The van der Waals surface area contributed by atoms with E-state index in [2.05, 4.69) is 39.7 Å². The fourth-order valence-electron chi connectivity index (χ4n) is 7.89. The first kappa shape index (κ1) is 24.1. The molecule has 0 radical (unpaired) electrons. The van der Waals surface area contributed by atoms with Gasteiger partial charge < -0.3 is 4.98 Å². The van der Waals surface area contributed by atoms with Crippen LogP contribution in [0.3, 0.4) is 0 Å². The van der Waals surface area contributed by atoms with E-state index in [1.54, 1.807) is 0 Å². The molecule has 3 aliphatic carbocycles. The number of anilines is 2. The van der Waals surface area contributed by atoms with Gasteiger partial charge in [0, 0.05) is 17.5 Å². The quantitative estimate of drug-likeness (QED) is 0.149. The highest BCUT2D eigenvalue weighted by molar-refractivity contribution is 6.27. The number of hydrazone groups is 1. The third-order valence-electron chi connectivity index (χ3n) is 9.52. The van der Waals surface area contributed by atoms with Crippen LogP contribution in [-0.4, -0.2) is 28.0 Å². The molecular formula is C36H25N5O2. The number of imidazole rings is 1. The molecule has 4 aliphatic rings. The summed E-state index contributed by atoms with van der Waals surface area (Å²) in [5, 5.41) is 6.60. The molecule has 7 nitrogen and oxygen atoms in total. The maximum Gasteiger partial charge on any atom is 0.239 e. The Labute approximate surface area is 246 Å². The molecular weight excluding hydrogens is 534 g/mol. The highest BCUT2D eigenvalue weighted by atomic mass is 16.2. The minimum absolute atomic E-state index is 0.164. The second-order valence-corrected chi connectivity index (χ2v) is 11.5. The molecule has 1 saturated heterocycles. The van der Waals surface area contributed by atoms with E-state index in [9.17, 15) is 9.59 Å². The van der Waals surface area contributed by atoms with Crippen molar-refractivity contribution < 1.29 is 9.59 Å². The van der Waals surface area contributed by atoms with Crippen molar-refractivity contribution in [3.8, 4) is 0 Å². The number of carbonyl (C=O) groups is 2. The zero-order chi connectivity index (χ0) is 28.7. The Morgan fingerprint density at radius 3 is 2.23 bits per heavy atom. The van der Waals surface area contributed by atoms with Gasteiger partial charge in [-0.25, -0.2) is 15.3 Å². The number of hydrogen-bond acceptors (Lipinski definition) is 5. The van der Waals surface area contributed by atoms with Crippen LogP contribution < -0.4 is 10.3 Å². The molecule has 7 heteroatoms. The molecule has 0 spiro atoms. The predicted molar refractivity (Wildman–Crippen MR) is 167 cm³/mol. The van der Waals surface area contributed by atoms with Crippen LogP contribution in [0.25, 0.3) is 21.8 Å². The van der Waals surface area contributed by atoms with E-state index in [-0.39, 0.29) is 17.7 Å². The Kier molecular flexibility index (Phi) is 4.88. The Balaban J connectivity index is 1.25. The molecule has 2 amide bonds. The maximum atomic E-state index is 14.8. The van der Waals surface area contributed by atoms with E-state index in [1.807, 2.05) is 97.2 Å². The minimum atomic E-state index is -0.961. The SMILES string of the molecule is O=C1[C@H]2C3c4ccccc4C(/C=N\Nc4nc5ccccc5[nH]4)(c4ccccc43)[C@H]2C(=O)N1c1cccc2ccccc12. The lowest BCUT2D eigenvalue weighted by molar-refractivity contribution is -0.122. The van der Waals surface area contributed by atoms with Gasteiger partial charge >= 0.3 is 0 Å². The van der Waals surface area contributed by atoms with Crippen molar-refractivity contribution in [3.63, 3.8) is 0 Å². The lowest BCUT2D eigenvalue weighted by Gasteiger charge is -2.52. The van der Waals surface area contributed by atoms with Crippen molar-refractivity contribution in [2.24, 2.45) is 16.9 Å².